The van der Waals surface area contributed by atoms with Gasteiger partial charge < -0.3 is 10.2 Å². The highest BCUT2D eigenvalue weighted by Crippen LogP contribution is 2.31. The van der Waals surface area contributed by atoms with Crippen LogP contribution in [0.1, 0.15) is 38.5 Å². The molecule has 0 aromatic carbocycles. The van der Waals surface area contributed by atoms with Crippen molar-refractivity contribution in [3.8, 4) is 0 Å². The van der Waals surface area contributed by atoms with E-state index < -0.39 is 0 Å². The van der Waals surface area contributed by atoms with Crippen LogP contribution in [0.15, 0.2) is 15.9 Å². The van der Waals surface area contributed by atoms with Gasteiger partial charge in [0, 0.05) is 16.5 Å². The van der Waals surface area contributed by atoms with Gasteiger partial charge in [-0.25, -0.2) is 0 Å². The van der Waals surface area contributed by atoms with Gasteiger partial charge in [0.2, 0.25) is 0 Å². The van der Waals surface area contributed by atoms with E-state index in [4.69, 9.17) is 0 Å². The van der Waals surface area contributed by atoms with Crippen LogP contribution >= 0.6 is 27.3 Å². The molecular weight excluding hydrogens is 320 g/mol. The second kappa shape index (κ2) is 7.77. The smallest absolute Gasteiger partial charge is 0.0701 e. The fourth-order valence-corrected chi connectivity index (χ4v) is 4.58. The van der Waals surface area contributed by atoms with Crippen molar-refractivity contribution in [2.75, 3.05) is 20.6 Å². The summed E-state index contributed by atoms with van der Waals surface area (Å²) >= 11 is 5.41. The molecule has 2 nitrogen and oxygen atoms in total. The number of halogens is 1. The highest BCUT2D eigenvalue weighted by atomic mass is 79.9. The molecule has 1 heterocycles. The van der Waals surface area contributed by atoms with Crippen molar-refractivity contribution in [1.29, 1.82) is 0 Å². The van der Waals surface area contributed by atoms with Crippen molar-refractivity contribution in [3.63, 3.8) is 0 Å². The molecule has 1 rings (SSSR count). The van der Waals surface area contributed by atoms with Crippen molar-refractivity contribution >= 4 is 27.3 Å². The zero-order valence-corrected chi connectivity index (χ0v) is 15.2. The van der Waals surface area contributed by atoms with E-state index in [1.54, 1.807) is 0 Å². The third-order valence-electron chi connectivity index (χ3n) is 4.25. The lowest BCUT2D eigenvalue weighted by Crippen LogP contribution is -2.59. The largest absolute Gasteiger partial charge is 0.312 e. The SMILES string of the molecule is CCNC(Cc1ccc(Br)s1)C(CC)(CC)N(C)C. The van der Waals surface area contributed by atoms with Gasteiger partial charge in [0.25, 0.3) is 0 Å². The highest BCUT2D eigenvalue weighted by molar-refractivity contribution is 9.11. The molecule has 0 aliphatic carbocycles. The molecule has 0 bridgehead atoms. The van der Waals surface area contributed by atoms with Crippen molar-refractivity contribution in [2.45, 2.75) is 51.6 Å². The van der Waals surface area contributed by atoms with Crippen LogP contribution in [0, 0.1) is 0 Å². The van der Waals surface area contributed by atoms with Crippen LogP contribution in [-0.4, -0.2) is 37.1 Å². The van der Waals surface area contributed by atoms with Crippen molar-refractivity contribution < 1.29 is 0 Å². The fourth-order valence-electron chi connectivity index (χ4n) is 3.05. The van der Waals surface area contributed by atoms with Gasteiger partial charge in [0.05, 0.1) is 3.79 Å². The summed E-state index contributed by atoms with van der Waals surface area (Å²) in [5.74, 6) is 0. The van der Waals surface area contributed by atoms with Crippen LogP contribution in [-0.2, 0) is 6.42 Å². The Bertz CT molecular complexity index is 372. The van der Waals surface area contributed by atoms with Gasteiger partial charge in [-0.3, -0.25) is 0 Å². The van der Waals surface area contributed by atoms with E-state index >= 15 is 0 Å². The molecule has 19 heavy (non-hydrogen) atoms. The minimum atomic E-state index is 0.229. The Labute approximate surface area is 130 Å². The molecule has 0 aliphatic rings. The Kier molecular flexibility index (Phi) is 7.01. The van der Waals surface area contributed by atoms with E-state index in [9.17, 15) is 0 Å². The van der Waals surface area contributed by atoms with Crippen molar-refractivity contribution in [3.05, 3.63) is 20.8 Å². The minimum Gasteiger partial charge on any atom is -0.312 e. The summed E-state index contributed by atoms with van der Waals surface area (Å²) in [5, 5.41) is 3.71. The van der Waals surface area contributed by atoms with E-state index in [1.807, 2.05) is 11.3 Å². The second-order valence-corrected chi connectivity index (χ2v) is 7.77. The Morgan fingerprint density at radius 1 is 1.26 bits per heavy atom. The van der Waals surface area contributed by atoms with E-state index in [2.05, 4.69) is 73.1 Å². The minimum absolute atomic E-state index is 0.229. The third kappa shape index (κ3) is 4.03. The quantitative estimate of drug-likeness (QED) is 0.760. The van der Waals surface area contributed by atoms with Gasteiger partial charge >= 0.3 is 0 Å². The van der Waals surface area contributed by atoms with Crippen molar-refractivity contribution in [2.24, 2.45) is 0 Å². The van der Waals surface area contributed by atoms with Gasteiger partial charge in [-0.05, 0) is 68.0 Å². The summed E-state index contributed by atoms with van der Waals surface area (Å²) in [7, 11) is 4.42. The molecule has 0 saturated heterocycles. The van der Waals surface area contributed by atoms with Crippen LogP contribution in [0.25, 0.3) is 0 Å². The van der Waals surface area contributed by atoms with E-state index in [0.29, 0.717) is 6.04 Å². The molecule has 1 atom stereocenters. The van der Waals surface area contributed by atoms with Crippen LogP contribution in [0.2, 0.25) is 0 Å². The maximum atomic E-state index is 3.71. The van der Waals surface area contributed by atoms with Gasteiger partial charge in [-0.1, -0.05) is 20.8 Å². The average molecular weight is 347 g/mol. The van der Waals surface area contributed by atoms with E-state index in [1.165, 1.54) is 21.5 Å². The molecule has 0 radical (unpaired) electrons. The van der Waals surface area contributed by atoms with Crippen LogP contribution in [0.5, 0.6) is 0 Å². The molecular formula is C15H27BrN2S. The zero-order valence-electron chi connectivity index (χ0n) is 12.8. The Morgan fingerprint density at radius 3 is 2.26 bits per heavy atom. The summed E-state index contributed by atoms with van der Waals surface area (Å²) in [6, 6.07) is 4.89. The first-order valence-corrected chi connectivity index (χ1v) is 8.76. The number of nitrogens with zero attached hydrogens (tertiary/aromatic N) is 1. The van der Waals surface area contributed by atoms with Gasteiger partial charge in [-0.2, -0.15) is 0 Å². The number of hydrogen-bond acceptors (Lipinski definition) is 3. The normalized spacial score (nSPS) is 14.1. The average Bonchev–Trinajstić information content (AvgIpc) is 2.77. The van der Waals surface area contributed by atoms with Gasteiger partial charge in [-0.15, -0.1) is 11.3 Å². The molecule has 0 spiro atoms. The van der Waals surface area contributed by atoms with Crippen LogP contribution in [0.3, 0.4) is 0 Å². The Hall–Kier alpha value is 0.1000. The number of rotatable bonds is 8. The maximum Gasteiger partial charge on any atom is 0.0701 e. The topological polar surface area (TPSA) is 15.3 Å². The Morgan fingerprint density at radius 2 is 1.89 bits per heavy atom. The molecule has 1 N–H and O–H groups in total. The first-order chi connectivity index (χ1) is 9.00. The zero-order chi connectivity index (χ0) is 14.5. The van der Waals surface area contributed by atoms with Crippen molar-refractivity contribution in [1.82, 2.24) is 10.2 Å². The lowest BCUT2D eigenvalue weighted by atomic mass is 9.81. The molecule has 1 aromatic heterocycles. The van der Waals surface area contributed by atoms with Gasteiger partial charge in [0.15, 0.2) is 0 Å². The monoisotopic (exact) mass is 346 g/mol. The molecule has 1 aromatic rings. The predicted octanol–water partition coefficient (Wildman–Crippen LogP) is 4.15. The lowest BCUT2D eigenvalue weighted by Gasteiger charge is -2.45. The highest BCUT2D eigenvalue weighted by Gasteiger charge is 2.37. The standard InChI is InChI=1S/C15H27BrN2S/c1-6-15(7-2,18(4)5)13(17-8-3)11-12-9-10-14(16)19-12/h9-10,13,17H,6-8,11H2,1-5H3. The molecule has 1 unspecified atom stereocenters. The van der Waals surface area contributed by atoms with Gasteiger partial charge in [0.1, 0.15) is 0 Å². The molecule has 0 saturated carbocycles. The first-order valence-electron chi connectivity index (χ1n) is 7.15. The molecule has 110 valence electrons. The summed E-state index contributed by atoms with van der Waals surface area (Å²) in [6.45, 7) is 7.83. The molecule has 0 amide bonds. The molecule has 4 heteroatoms. The van der Waals surface area contributed by atoms with E-state index in [-0.39, 0.29) is 5.54 Å². The third-order valence-corrected chi connectivity index (χ3v) is 5.89. The molecule has 0 aliphatic heterocycles. The summed E-state index contributed by atoms with van der Waals surface area (Å²) in [6.07, 6.45) is 3.44. The maximum absolute atomic E-state index is 3.71. The summed E-state index contributed by atoms with van der Waals surface area (Å²) < 4.78 is 1.22. The number of thiophene rings is 1. The van der Waals surface area contributed by atoms with Crippen LogP contribution in [0.4, 0.5) is 0 Å². The second-order valence-electron chi connectivity index (χ2n) is 5.23. The van der Waals surface area contributed by atoms with Crippen LogP contribution < -0.4 is 5.32 Å². The number of hydrogen-bond donors (Lipinski definition) is 1. The first kappa shape index (κ1) is 17.2. The fraction of sp³-hybridized carbons (Fsp3) is 0.733. The summed E-state index contributed by atoms with van der Waals surface area (Å²) in [5.41, 5.74) is 0.229. The number of nitrogens with one attached hydrogen (secondary N) is 1. The lowest BCUT2D eigenvalue weighted by molar-refractivity contribution is 0.0893. The molecule has 0 fully saturated rings. The van der Waals surface area contributed by atoms with E-state index in [0.717, 1.165) is 13.0 Å². The summed E-state index contributed by atoms with van der Waals surface area (Å²) in [4.78, 5) is 3.86. The Balaban J connectivity index is 2.96. The number of likely N-dealkylation sites (N-methyl/N-ethyl adjacent to an activating group) is 2. The predicted molar refractivity (Wildman–Crippen MR) is 90.2 cm³/mol.